The normalized spacial score (nSPS) is 12.3. The van der Waals surface area contributed by atoms with Crippen LogP contribution in [-0.4, -0.2) is 5.84 Å². The minimum absolute atomic E-state index is 0.0971. The van der Waals surface area contributed by atoms with Gasteiger partial charge in [0.2, 0.25) is 0 Å². The molecule has 4 aromatic carbocycles. The van der Waals surface area contributed by atoms with Gasteiger partial charge in [-0.1, -0.05) is 118 Å². The van der Waals surface area contributed by atoms with E-state index in [0.717, 1.165) is 17.1 Å². The molecule has 4 rings (SSSR count). The Morgan fingerprint density at radius 1 is 0.697 bits per heavy atom. The van der Waals surface area contributed by atoms with E-state index in [1.807, 2.05) is 24.3 Å². The molecule has 0 saturated heterocycles. The van der Waals surface area contributed by atoms with Crippen LogP contribution in [0.15, 0.2) is 114 Å². The molecule has 1 unspecified atom stereocenters. The Morgan fingerprint density at radius 2 is 1.24 bits per heavy atom. The maximum Gasteiger partial charge on any atom is 0.163 e. The fraction of sp³-hybridized carbons (Fsp3) is 0.138. The average molecular weight is 452 g/mol. The van der Waals surface area contributed by atoms with Gasteiger partial charge in [0, 0.05) is 20.0 Å². The summed E-state index contributed by atoms with van der Waals surface area (Å²) in [7, 11) is 0.349. The Morgan fingerprint density at radius 3 is 1.79 bits per heavy atom. The lowest BCUT2D eigenvalue weighted by Crippen LogP contribution is -2.27. The quantitative estimate of drug-likeness (QED) is 0.121. The number of hydrogen-bond acceptors (Lipinski definition) is 2. The molecule has 2 N–H and O–H groups in total. The molecule has 0 amide bonds. The Kier molecular flexibility index (Phi) is 6.91. The van der Waals surface area contributed by atoms with Crippen LogP contribution < -0.4 is 15.8 Å². The average Bonchev–Trinajstić information content (AvgIpc) is 2.85. The van der Waals surface area contributed by atoms with Crippen LogP contribution in [0, 0.1) is 0 Å². The van der Waals surface area contributed by atoms with E-state index < -0.39 is 0 Å². The number of nitrogens with zero attached hydrogens (tertiary/aromatic N) is 2. The van der Waals surface area contributed by atoms with Crippen molar-refractivity contribution in [1.82, 2.24) is 0 Å². The molecule has 0 aliphatic heterocycles. The lowest BCUT2D eigenvalue weighted by atomic mass is 9.86. The first kappa shape index (κ1) is 22.8. The van der Waals surface area contributed by atoms with Gasteiger partial charge < -0.3 is 10.5 Å². The van der Waals surface area contributed by atoms with Gasteiger partial charge in [-0.3, -0.25) is 0 Å². The number of para-hydroxylation sites is 1. The molecule has 0 spiro atoms. The van der Waals surface area contributed by atoms with E-state index in [-0.39, 0.29) is 5.41 Å². The van der Waals surface area contributed by atoms with E-state index >= 15 is 0 Å². The van der Waals surface area contributed by atoms with Crippen molar-refractivity contribution in [2.75, 3.05) is 4.67 Å². The lowest BCUT2D eigenvalue weighted by molar-refractivity contribution is 0.590. The smallest absolute Gasteiger partial charge is 0.163 e. The second kappa shape index (κ2) is 10.0. The Labute approximate surface area is 198 Å². The van der Waals surface area contributed by atoms with Crippen molar-refractivity contribution in [3.05, 3.63) is 120 Å². The highest BCUT2D eigenvalue weighted by molar-refractivity contribution is 7.50. The standard InChI is InChI=1S/C29H30N3P/c1-29(2,3)25-18-14-24(15-19-25)28(31-30)32(26-12-8-5-9-13-26)33-27-20-16-23(17-21-27)22-10-6-4-7-11-22/h4-21,33H,30H2,1-3H3/b31-28-. The summed E-state index contributed by atoms with van der Waals surface area (Å²) < 4.78 is 2.20. The molecule has 0 aliphatic carbocycles. The van der Waals surface area contributed by atoms with Crippen LogP contribution in [0.1, 0.15) is 31.9 Å². The molecule has 3 nitrogen and oxygen atoms in total. The van der Waals surface area contributed by atoms with Crippen molar-refractivity contribution in [1.29, 1.82) is 0 Å². The van der Waals surface area contributed by atoms with Crippen molar-refractivity contribution >= 4 is 25.6 Å². The zero-order valence-corrected chi connectivity index (χ0v) is 20.4. The Bertz CT molecular complexity index is 1190. The largest absolute Gasteiger partial charge is 0.321 e. The van der Waals surface area contributed by atoms with E-state index in [2.05, 4.69) is 115 Å². The Hall–Kier alpha value is -3.42. The van der Waals surface area contributed by atoms with E-state index in [0.29, 0.717) is 8.73 Å². The van der Waals surface area contributed by atoms with Gasteiger partial charge in [-0.05, 0) is 39.5 Å². The van der Waals surface area contributed by atoms with E-state index in [4.69, 9.17) is 5.84 Å². The fourth-order valence-corrected chi connectivity index (χ4v) is 4.84. The first-order valence-corrected chi connectivity index (χ1v) is 12.1. The molecule has 0 heterocycles. The maximum atomic E-state index is 5.97. The monoisotopic (exact) mass is 451 g/mol. The van der Waals surface area contributed by atoms with E-state index in [1.54, 1.807) is 0 Å². The molecular weight excluding hydrogens is 421 g/mol. The topological polar surface area (TPSA) is 41.6 Å². The van der Waals surface area contributed by atoms with Crippen molar-refractivity contribution < 1.29 is 0 Å². The number of hydrogen-bond donors (Lipinski definition) is 1. The fourth-order valence-electron chi connectivity index (χ4n) is 3.69. The third-order valence-corrected chi connectivity index (χ3v) is 6.88. The van der Waals surface area contributed by atoms with Crippen LogP contribution >= 0.6 is 8.73 Å². The van der Waals surface area contributed by atoms with Crippen molar-refractivity contribution in [2.45, 2.75) is 26.2 Å². The SMILES string of the molecule is CC(C)(C)c1ccc(/C(=N/N)N(Pc2ccc(-c3ccccc3)cc2)c2ccccc2)cc1. The minimum atomic E-state index is 0.0971. The molecule has 33 heavy (non-hydrogen) atoms. The number of nitrogens with two attached hydrogens (primary N) is 1. The molecule has 4 aromatic rings. The van der Waals surface area contributed by atoms with Crippen LogP contribution in [0.3, 0.4) is 0 Å². The van der Waals surface area contributed by atoms with Crippen LogP contribution in [0.2, 0.25) is 0 Å². The highest BCUT2D eigenvalue weighted by Gasteiger charge is 2.19. The van der Waals surface area contributed by atoms with Gasteiger partial charge in [0.05, 0.1) is 0 Å². The van der Waals surface area contributed by atoms with Gasteiger partial charge in [0.25, 0.3) is 0 Å². The van der Waals surface area contributed by atoms with E-state index in [1.165, 1.54) is 22.0 Å². The molecule has 0 fully saturated rings. The highest BCUT2D eigenvalue weighted by Crippen LogP contribution is 2.31. The first-order chi connectivity index (χ1) is 16.0. The van der Waals surface area contributed by atoms with Crippen LogP contribution in [-0.2, 0) is 5.41 Å². The van der Waals surface area contributed by atoms with Crippen LogP contribution in [0.5, 0.6) is 0 Å². The van der Waals surface area contributed by atoms with Gasteiger partial charge in [0.15, 0.2) is 5.84 Å². The van der Waals surface area contributed by atoms with Gasteiger partial charge in [-0.15, -0.1) is 0 Å². The zero-order chi connectivity index (χ0) is 23.3. The highest BCUT2D eigenvalue weighted by atomic mass is 31.1. The molecule has 0 aliphatic rings. The molecule has 166 valence electrons. The summed E-state index contributed by atoms with van der Waals surface area (Å²) in [4.78, 5) is 0. The summed E-state index contributed by atoms with van der Waals surface area (Å²) in [5.74, 6) is 6.73. The van der Waals surface area contributed by atoms with Gasteiger partial charge in [0.1, 0.15) is 0 Å². The summed E-state index contributed by atoms with van der Waals surface area (Å²) in [5, 5.41) is 5.45. The van der Waals surface area contributed by atoms with Crippen molar-refractivity contribution in [3.8, 4) is 11.1 Å². The molecular formula is C29H30N3P. The molecule has 0 aromatic heterocycles. The zero-order valence-electron chi connectivity index (χ0n) is 19.4. The second-order valence-electron chi connectivity index (χ2n) is 9.01. The second-order valence-corrected chi connectivity index (χ2v) is 10.3. The number of anilines is 1. The molecule has 0 bridgehead atoms. The summed E-state index contributed by atoms with van der Waals surface area (Å²) in [6, 6.07) is 38.0. The number of benzene rings is 4. The number of amidine groups is 1. The number of hydrazone groups is 1. The van der Waals surface area contributed by atoms with E-state index in [9.17, 15) is 0 Å². The Balaban J connectivity index is 1.65. The molecule has 4 heteroatoms. The first-order valence-electron chi connectivity index (χ1n) is 11.1. The summed E-state index contributed by atoms with van der Waals surface area (Å²) in [6.45, 7) is 6.66. The van der Waals surface area contributed by atoms with Crippen molar-refractivity contribution in [2.24, 2.45) is 10.9 Å². The van der Waals surface area contributed by atoms with Gasteiger partial charge >= 0.3 is 0 Å². The summed E-state index contributed by atoms with van der Waals surface area (Å²) in [6.07, 6.45) is 0. The summed E-state index contributed by atoms with van der Waals surface area (Å²) >= 11 is 0. The third kappa shape index (κ3) is 5.50. The maximum absolute atomic E-state index is 5.97. The minimum Gasteiger partial charge on any atom is -0.321 e. The number of rotatable bonds is 5. The van der Waals surface area contributed by atoms with Crippen LogP contribution in [0.4, 0.5) is 5.69 Å². The molecule has 0 radical (unpaired) electrons. The third-order valence-electron chi connectivity index (χ3n) is 5.59. The lowest BCUT2D eigenvalue weighted by Gasteiger charge is -2.26. The van der Waals surface area contributed by atoms with Gasteiger partial charge in [-0.2, -0.15) is 5.10 Å². The van der Waals surface area contributed by atoms with Crippen molar-refractivity contribution in [3.63, 3.8) is 0 Å². The van der Waals surface area contributed by atoms with Crippen LogP contribution in [0.25, 0.3) is 11.1 Å². The summed E-state index contributed by atoms with van der Waals surface area (Å²) in [5.41, 5.74) is 5.87. The molecule has 1 atom stereocenters. The predicted octanol–water partition coefficient (Wildman–Crippen LogP) is 6.70. The van der Waals surface area contributed by atoms with Gasteiger partial charge in [-0.25, -0.2) is 0 Å². The molecule has 0 saturated carbocycles. The predicted molar refractivity (Wildman–Crippen MR) is 145 cm³/mol.